The molecule has 1 heterocycles. The van der Waals surface area contributed by atoms with Crippen LogP contribution >= 0.6 is 0 Å². The number of rotatable bonds is 3. The van der Waals surface area contributed by atoms with E-state index < -0.39 is 23.5 Å². The van der Waals surface area contributed by atoms with Gasteiger partial charge in [-0.3, -0.25) is 4.79 Å². The number of benzene rings is 2. The molecule has 0 radical (unpaired) electrons. The molecule has 7 heteroatoms. The maximum absolute atomic E-state index is 13.2. The number of methoxy groups -OCH3 is 1. The zero-order valence-corrected chi connectivity index (χ0v) is 14.6. The standard InChI is InChI=1S/C20H17F4NO2/c1-12(21)19(26)25-8-7-17-15(11-25)9-14(10-18(17)27-2)13-3-5-16(6-4-13)20(22,23)24/h3-6,9-10H,1,7-8,11H2,2H3. The van der Waals surface area contributed by atoms with Crippen LogP contribution in [-0.2, 0) is 23.9 Å². The zero-order chi connectivity index (χ0) is 19.8. The number of fused-ring (bicyclic) bond motifs is 1. The number of nitrogens with zero attached hydrogens (tertiary/aromatic N) is 1. The van der Waals surface area contributed by atoms with Gasteiger partial charge in [-0.05, 0) is 47.4 Å². The quantitative estimate of drug-likeness (QED) is 0.569. The van der Waals surface area contributed by atoms with Crippen molar-refractivity contribution in [3.63, 3.8) is 0 Å². The van der Waals surface area contributed by atoms with E-state index >= 15 is 0 Å². The molecule has 27 heavy (non-hydrogen) atoms. The SMILES string of the molecule is C=C(F)C(=O)N1CCc2c(cc(-c3ccc(C(F)(F)F)cc3)cc2OC)C1. The Kier molecular flexibility index (Phi) is 4.95. The highest BCUT2D eigenvalue weighted by molar-refractivity contribution is 5.90. The van der Waals surface area contributed by atoms with Crippen LogP contribution in [0.3, 0.4) is 0 Å². The van der Waals surface area contributed by atoms with Crippen molar-refractivity contribution in [2.24, 2.45) is 0 Å². The summed E-state index contributed by atoms with van der Waals surface area (Å²) in [5.41, 5.74) is 2.19. The minimum absolute atomic E-state index is 0.182. The van der Waals surface area contributed by atoms with Gasteiger partial charge in [0, 0.05) is 18.7 Å². The van der Waals surface area contributed by atoms with Crippen molar-refractivity contribution < 1.29 is 27.1 Å². The topological polar surface area (TPSA) is 29.5 Å². The predicted octanol–water partition coefficient (Wildman–Crippen LogP) is 4.75. The van der Waals surface area contributed by atoms with Gasteiger partial charge in [0.2, 0.25) is 0 Å². The van der Waals surface area contributed by atoms with Crippen molar-refractivity contribution in [3.8, 4) is 16.9 Å². The second kappa shape index (κ2) is 7.06. The lowest BCUT2D eigenvalue weighted by molar-refractivity contribution is -0.137. The van der Waals surface area contributed by atoms with Crippen LogP contribution in [0.1, 0.15) is 16.7 Å². The van der Waals surface area contributed by atoms with Gasteiger partial charge in [-0.25, -0.2) is 4.39 Å². The number of hydrogen-bond donors (Lipinski definition) is 0. The van der Waals surface area contributed by atoms with Crippen LogP contribution in [0.2, 0.25) is 0 Å². The molecule has 0 unspecified atom stereocenters. The molecule has 1 aliphatic heterocycles. The summed E-state index contributed by atoms with van der Waals surface area (Å²) in [7, 11) is 1.51. The van der Waals surface area contributed by atoms with Crippen LogP contribution < -0.4 is 4.74 Å². The van der Waals surface area contributed by atoms with Crippen LogP contribution in [0.15, 0.2) is 48.8 Å². The van der Waals surface area contributed by atoms with Gasteiger partial charge in [0.25, 0.3) is 5.91 Å². The minimum Gasteiger partial charge on any atom is -0.496 e. The third kappa shape index (κ3) is 3.82. The fourth-order valence-electron chi connectivity index (χ4n) is 3.20. The van der Waals surface area contributed by atoms with Crippen molar-refractivity contribution in [2.45, 2.75) is 19.1 Å². The largest absolute Gasteiger partial charge is 0.496 e. The number of carbonyl (C=O) groups is 1. The van der Waals surface area contributed by atoms with Crippen LogP contribution in [0.25, 0.3) is 11.1 Å². The number of carbonyl (C=O) groups excluding carboxylic acids is 1. The Morgan fingerprint density at radius 2 is 1.81 bits per heavy atom. The van der Waals surface area contributed by atoms with Gasteiger partial charge in [-0.1, -0.05) is 18.7 Å². The normalized spacial score (nSPS) is 13.9. The molecular formula is C20H17F4NO2. The molecule has 0 saturated carbocycles. The highest BCUT2D eigenvalue weighted by Gasteiger charge is 2.30. The predicted molar refractivity (Wildman–Crippen MR) is 92.8 cm³/mol. The van der Waals surface area contributed by atoms with Crippen molar-refractivity contribution >= 4 is 5.91 Å². The Labute approximate surface area is 153 Å². The molecule has 0 fully saturated rings. The maximum Gasteiger partial charge on any atom is 0.416 e. The Hall–Kier alpha value is -2.83. The van der Waals surface area contributed by atoms with Crippen LogP contribution in [0.4, 0.5) is 17.6 Å². The lowest BCUT2D eigenvalue weighted by Gasteiger charge is -2.30. The molecule has 0 N–H and O–H groups in total. The summed E-state index contributed by atoms with van der Waals surface area (Å²) in [6.07, 6.45) is -3.91. The summed E-state index contributed by atoms with van der Waals surface area (Å²) in [5, 5.41) is 0. The fraction of sp³-hybridized carbons (Fsp3) is 0.250. The summed E-state index contributed by atoms with van der Waals surface area (Å²) >= 11 is 0. The van der Waals surface area contributed by atoms with Gasteiger partial charge in [0.15, 0.2) is 5.83 Å². The molecule has 0 spiro atoms. The minimum atomic E-state index is -4.40. The molecule has 1 amide bonds. The van der Waals surface area contributed by atoms with Crippen molar-refractivity contribution in [1.82, 2.24) is 4.90 Å². The molecule has 2 aromatic rings. The van der Waals surface area contributed by atoms with Crippen molar-refractivity contribution in [2.75, 3.05) is 13.7 Å². The molecule has 1 aliphatic rings. The van der Waals surface area contributed by atoms with E-state index in [0.717, 1.165) is 23.3 Å². The summed E-state index contributed by atoms with van der Waals surface area (Å²) < 4.78 is 56.9. The molecule has 142 valence electrons. The molecule has 2 aromatic carbocycles. The van der Waals surface area contributed by atoms with E-state index in [1.54, 1.807) is 12.1 Å². The van der Waals surface area contributed by atoms with E-state index in [4.69, 9.17) is 4.74 Å². The van der Waals surface area contributed by atoms with E-state index in [0.29, 0.717) is 29.8 Å². The Bertz CT molecular complexity index is 888. The summed E-state index contributed by atoms with van der Waals surface area (Å²) in [5.74, 6) is -1.20. The number of amides is 1. The Morgan fingerprint density at radius 3 is 2.37 bits per heavy atom. The summed E-state index contributed by atoms with van der Waals surface area (Å²) in [6, 6.07) is 8.36. The third-order valence-corrected chi connectivity index (χ3v) is 4.58. The zero-order valence-electron chi connectivity index (χ0n) is 14.6. The monoisotopic (exact) mass is 379 g/mol. The first-order chi connectivity index (χ1) is 12.7. The second-order valence-corrected chi connectivity index (χ2v) is 6.27. The van der Waals surface area contributed by atoms with Crippen molar-refractivity contribution in [1.29, 1.82) is 0 Å². The second-order valence-electron chi connectivity index (χ2n) is 6.27. The third-order valence-electron chi connectivity index (χ3n) is 4.58. The fourth-order valence-corrected chi connectivity index (χ4v) is 3.20. The van der Waals surface area contributed by atoms with Gasteiger partial charge in [0.05, 0.1) is 12.7 Å². The van der Waals surface area contributed by atoms with E-state index in [9.17, 15) is 22.4 Å². The van der Waals surface area contributed by atoms with Crippen LogP contribution in [0, 0.1) is 0 Å². The number of halogens is 4. The first-order valence-electron chi connectivity index (χ1n) is 8.22. The lowest BCUT2D eigenvalue weighted by atomic mass is 9.93. The average Bonchev–Trinajstić information content (AvgIpc) is 2.65. The molecule has 0 aliphatic carbocycles. The van der Waals surface area contributed by atoms with Crippen LogP contribution in [0.5, 0.6) is 5.75 Å². The smallest absolute Gasteiger partial charge is 0.416 e. The number of ether oxygens (including phenoxy) is 1. The first kappa shape index (κ1) is 18.9. The molecule has 3 rings (SSSR count). The molecule has 0 atom stereocenters. The van der Waals surface area contributed by atoms with Gasteiger partial charge in [-0.15, -0.1) is 0 Å². The van der Waals surface area contributed by atoms with E-state index in [1.165, 1.54) is 24.1 Å². The van der Waals surface area contributed by atoms with Gasteiger partial charge in [-0.2, -0.15) is 13.2 Å². The lowest BCUT2D eigenvalue weighted by Crippen LogP contribution is -2.36. The highest BCUT2D eigenvalue weighted by atomic mass is 19.4. The van der Waals surface area contributed by atoms with E-state index in [1.807, 2.05) is 0 Å². The molecule has 0 saturated heterocycles. The molecular weight excluding hydrogens is 362 g/mol. The molecule has 0 aromatic heterocycles. The highest BCUT2D eigenvalue weighted by Crippen LogP contribution is 2.36. The van der Waals surface area contributed by atoms with Crippen LogP contribution in [-0.4, -0.2) is 24.5 Å². The molecule has 3 nitrogen and oxygen atoms in total. The van der Waals surface area contributed by atoms with E-state index in [-0.39, 0.29) is 6.54 Å². The van der Waals surface area contributed by atoms with Crippen molar-refractivity contribution in [3.05, 3.63) is 65.5 Å². The molecule has 0 bridgehead atoms. The van der Waals surface area contributed by atoms with E-state index in [2.05, 4.69) is 6.58 Å². The number of hydrogen-bond acceptors (Lipinski definition) is 2. The first-order valence-corrected chi connectivity index (χ1v) is 8.22. The summed E-state index contributed by atoms with van der Waals surface area (Å²) in [6.45, 7) is 3.56. The Morgan fingerprint density at radius 1 is 1.15 bits per heavy atom. The van der Waals surface area contributed by atoms with Gasteiger partial charge in [0.1, 0.15) is 5.75 Å². The average molecular weight is 379 g/mol. The van der Waals surface area contributed by atoms with Gasteiger partial charge < -0.3 is 9.64 Å². The number of alkyl halides is 3. The van der Waals surface area contributed by atoms with Gasteiger partial charge >= 0.3 is 6.18 Å². The Balaban J connectivity index is 1.98. The maximum atomic E-state index is 13.2. The summed E-state index contributed by atoms with van der Waals surface area (Å²) in [4.78, 5) is 13.2.